The highest BCUT2D eigenvalue weighted by Gasteiger charge is 2.16. The summed E-state index contributed by atoms with van der Waals surface area (Å²) in [6, 6.07) is 19.7. The van der Waals surface area contributed by atoms with Gasteiger partial charge in [-0.15, -0.1) is 0 Å². The van der Waals surface area contributed by atoms with E-state index in [1.165, 1.54) is 19.2 Å². The van der Waals surface area contributed by atoms with E-state index in [1.54, 1.807) is 60.5 Å². The third-order valence-corrected chi connectivity index (χ3v) is 6.08. The van der Waals surface area contributed by atoms with Gasteiger partial charge in [-0.05, 0) is 66.2 Å². The zero-order valence-corrected chi connectivity index (χ0v) is 18.1. The molecule has 0 unspecified atom stereocenters. The number of nitrogens with zero attached hydrogens (tertiary/aromatic N) is 1. The van der Waals surface area contributed by atoms with E-state index in [9.17, 15) is 13.2 Å². The molecule has 6 nitrogen and oxygen atoms in total. The topological polar surface area (TPSA) is 75.7 Å². The molecule has 1 N–H and O–H groups in total. The third-order valence-electron chi connectivity index (χ3n) is 4.43. The summed E-state index contributed by atoms with van der Waals surface area (Å²) in [4.78, 5) is 14.3. The second kappa shape index (κ2) is 9.19. The van der Waals surface area contributed by atoms with Crippen molar-refractivity contribution in [2.75, 3.05) is 18.9 Å². The standard InChI is InChI=1S/C22H21ClN2O4S/c1-25(15-16-3-7-18(23)8-4-16)22(26)17-5-9-19(10-6-17)24-30(27,28)21-13-11-20(29-2)12-14-21/h3-14,24H,15H2,1-2H3. The molecule has 8 heteroatoms. The molecule has 0 saturated heterocycles. The Hall–Kier alpha value is -3.03. The van der Waals surface area contributed by atoms with Gasteiger partial charge in [-0.25, -0.2) is 8.42 Å². The van der Waals surface area contributed by atoms with Gasteiger partial charge in [0.25, 0.3) is 15.9 Å². The van der Waals surface area contributed by atoms with Gasteiger partial charge in [-0.2, -0.15) is 0 Å². The molecule has 0 aromatic heterocycles. The molecule has 0 heterocycles. The van der Waals surface area contributed by atoms with Crippen molar-refractivity contribution in [1.29, 1.82) is 0 Å². The highest BCUT2D eigenvalue weighted by molar-refractivity contribution is 7.92. The lowest BCUT2D eigenvalue weighted by Crippen LogP contribution is -2.26. The van der Waals surface area contributed by atoms with Crippen LogP contribution < -0.4 is 9.46 Å². The number of carbonyl (C=O) groups is 1. The number of hydrogen-bond acceptors (Lipinski definition) is 4. The van der Waals surface area contributed by atoms with Crippen molar-refractivity contribution < 1.29 is 17.9 Å². The molecular formula is C22H21ClN2O4S. The van der Waals surface area contributed by atoms with E-state index in [2.05, 4.69) is 4.72 Å². The lowest BCUT2D eigenvalue weighted by Gasteiger charge is -2.18. The molecule has 3 aromatic rings. The molecule has 0 aliphatic carbocycles. The van der Waals surface area contributed by atoms with Gasteiger partial charge < -0.3 is 9.64 Å². The number of amides is 1. The maximum absolute atomic E-state index is 12.6. The fourth-order valence-electron chi connectivity index (χ4n) is 2.81. The number of sulfonamides is 1. The van der Waals surface area contributed by atoms with Gasteiger partial charge in [0.05, 0.1) is 12.0 Å². The van der Waals surface area contributed by atoms with Gasteiger partial charge in [0.1, 0.15) is 5.75 Å². The van der Waals surface area contributed by atoms with Gasteiger partial charge in [-0.3, -0.25) is 9.52 Å². The van der Waals surface area contributed by atoms with Crippen LogP contribution in [0.1, 0.15) is 15.9 Å². The molecule has 3 rings (SSSR count). The summed E-state index contributed by atoms with van der Waals surface area (Å²) in [6.45, 7) is 0.432. The van der Waals surface area contributed by atoms with Crippen molar-refractivity contribution >= 4 is 33.2 Å². The Labute approximate surface area is 181 Å². The van der Waals surface area contributed by atoms with Gasteiger partial charge in [0.2, 0.25) is 0 Å². The summed E-state index contributed by atoms with van der Waals surface area (Å²) in [5, 5.41) is 0.639. The van der Waals surface area contributed by atoms with Crippen LogP contribution in [0.4, 0.5) is 5.69 Å². The van der Waals surface area contributed by atoms with E-state index in [4.69, 9.17) is 16.3 Å². The van der Waals surface area contributed by atoms with Gasteiger partial charge in [0, 0.05) is 29.9 Å². The average Bonchev–Trinajstić information content (AvgIpc) is 2.75. The first kappa shape index (κ1) is 21.7. The second-order valence-corrected chi connectivity index (χ2v) is 8.76. The maximum atomic E-state index is 12.6. The highest BCUT2D eigenvalue weighted by Crippen LogP contribution is 2.20. The molecule has 0 spiro atoms. The van der Waals surface area contributed by atoms with Gasteiger partial charge in [-0.1, -0.05) is 23.7 Å². The molecule has 0 bridgehead atoms. The molecule has 0 atom stereocenters. The quantitative estimate of drug-likeness (QED) is 0.585. The molecule has 30 heavy (non-hydrogen) atoms. The number of ether oxygens (including phenoxy) is 1. The summed E-state index contributed by atoms with van der Waals surface area (Å²) in [6.07, 6.45) is 0. The minimum atomic E-state index is -3.74. The number of halogens is 1. The predicted molar refractivity (Wildman–Crippen MR) is 117 cm³/mol. The second-order valence-electron chi connectivity index (χ2n) is 6.65. The van der Waals surface area contributed by atoms with Crippen molar-refractivity contribution in [3.63, 3.8) is 0 Å². The lowest BCUT2D eigenvalue weighted by atomic mass is 10.1. The van der Waals surface area contributed by atoms with Crippen LogP contribution in [-0.4, -0.2) is 33.4 Å². The largest absolute Gasteiger partial charge is 0.497 e. The Balaban J connectivity index is 1.67. The molecule has 0 aliphatic rings. The van der Waals surface area contributed by atoms with Crippen LogP contribution in [0.3, 0.4) is 0 Å². The van der Waals surface area contributed by atoms with Crippen molar-refractivity contribution in [3.05, 3.63) is 88.9 Å². The van der Waals surface area contributed by atoms with Gasteiger partial charge in [0.15, 0.2) is 0 Å². The number of rotatable bonds is 7. The summed E-state index contributed by atoms with van der Waals surface area (Å²) in [5.41, 5.74) is 1.78. The fourth-order valence-corrected chi connectivity index (χ4v) is 3.99. The van der Waals surface area contributed by atoms with E-state index < -0.39 is 10.0 Å². The normalized spacial score (nSPS) is 11.0. The van der Waals surface area contributed by atoms with Crippen LogP contribution in [0, 0.1) is 0 Å². The monoisotopic (exact) mass is 444 g/mol. The number of carbonyl (C=O) groups excluding carboxylic acids is 1. The summed E-state index contributed by atoms with van der Waals surface area (Å²) in [7, 11) is -0.527. The first-order valence-electron chi connectivity index (χ1n) is 9.05. The zero-order valence-electron chi connectivity index (χ0n) is 16.5. The molecule has 1 amide bonds. The molecule has 0 fully saturated rings. The number of methoxy groups -OCH3 is 1. The SMILES string of the molecule is COc1ccc(S(=O)(=O)Nc2ccc(C(=O)N(C)Cc3ccc(Cl)cc3)cc2)cc1. The first-order valence-corrected chi connectivity index (χ1v) is 10.9. The number of nitrogens with one attached hydrogen (secondary N) is 1. The molecule has 3 aromatic carbocycles. The summed E-state index contributed by atoms with van der Waals surface area (Å²) >= 11 is 5.89. The molecule has 0 radical (unpaired) electrons. The van der Waals surface area contributed by atoms with Crippen LogP contribution in [0.2, 0.25) is 5.02 Å². The van der Waals surface area contributed by atoms with Crippen LogP contribution in [0.25, 0.3) is 0 Å². The summed E-state index contributed by atoms with van der Waals surface area (Å²) in [5.74, 6) is 0.397. The van der Waals surface area contributed by atoms with E-state index in [1.807, 2.05) is 12.1 Å². The maximum Gasteiger partial charge on any atom is 0.261 e. The van der Waals surface area contributed by atoms with Crippen molar-refractivity contribution in [3.8, 4) is 5.75 Å². The molecule has 0 saturated carbocycles. The van der Waals surface area contributed by atoms with E-state index in [0.717, 1.165) is 5.56 Å². The van der Waals surface area contributed by atoms with Gasteiger partial charge >= 0.3 is 0 Å². The number of hydrogen-bond donors (Lipinski definition) is 1. The molecule has 156 valence electrons. The van der Waals surface area contributed by atoms with Crippen molar-refractivity contribution in [2.45, 2.75) is 11.4 Å². The van der Waals surface area contributed by atoms with E-state index in [-0.39, 0.29) is 10.8 Å². The smallest absolute Gasteiger partial charge is 0.261 e. The Morgan fingerprint density at radius 3 is 2.13 bits per heavy atom. The lowest BCUT2D eigenvalue weighted by molar-refractivity contribution is 0.0785. The fraction of sp³-hybridized carbons (Fsp3) is 0.136. The minimum Gasteiger partial charge on any atom is -0.497 e. The minimum absolute atomic E-state index is 0.117. The van der Waals surface area contributed by atoms with E-state index >= 15 is 0 Å². The Bertz CT molecular complexity index is 1110. The third kappa shape index (κ3) is 5.31. The zero-order chi connectivity index (χ0) is 21.7. The first-order chi connectivity index (χ1) is 14.3. The molecular weight excluding hydrogens is 424 g/mol. The highest BCUT2D eigenvalue weighted by atomic mass is 35.5. The van der Waals surface area contributed by atoms with Crippen LogP contribution in [-0.2, 0) is 16.6 Å². The summed E-state index contributed by atoms with van der Waals surface area (Å²) < 4.78 is 32.6. The number of anilines is 1. The Morgan fingerprint density at radius 1 is 0.967 bits per heavy atom. The molecule has 0 aliphatic heterocycles. The predicted octanol–water partition coefficient (Wildman–Crippen LogP) is 4.42. The van der Waals surface area contributed by atoms with E-state index in [0.29, 0.717) is 28.6 Å². The van der Waals surface area contributed by atoms with Crippen molar-refractivity contribution in [1.82, 2.24) is 4.90 Å². The van der Waals surface area contributed by atoms with Crippen LogP contribution in [0.15, 0.2) is 77.7 Å². The van der Waals surface area contributed by atoms with Crippen molar-refractivity contribution in [2.24, 2.45) is 0 Å². The van der Waals surface area contributed by atoms with Crippen LogP contribution >= 0.6 is 11.6 Å². The average molecular weight is 445 g/mol. The number of benzene rings is 3. The van der Waals surface area contributed by atoms with Crippen LogP contribution in [0.5, 0.6) is 5.75 Å². The Kier molecular flexibility index (Phi) is 6.64. The Morgan fingerprint density at radius 2 is 1.57 bits per heavy atom.